The van der Waals surface area contributed by atoms with Crippen LogP contribution in [0.4, 0.5) is 0 Å². The average molecular weight is 301 g/mol. The van der Waals surface area contributed by atoms with Crippen LogP contribution < -0.4 is 5.48 Å². The Balaban J connectivity index is 1.74. The smallest absolute Gasteiger partial charge is 0.267 e. The molecule has 0 aromatic carbocycles. The lowest BCUT2D eigenvalue weighted by atomic mass is 10.3. The molecule has 2 N–H and O–H groups in total. The molecule has 0 aliphatic rings. The number of hydroxylamine groups is 1. The third kappa shape index (κ3) is 3.12. The lowest BCUT2D eigenvalue weighted by molar-refractivity contribution is -0.124. The normalized spacial score (nSPS) is 11.3. The molecule has 0 fully saturated rings. The van der Waals surface area contributed by atoms with Crippen molar-refractivity contribution >= 4 is 33.5 Å². The van der Waals surface area contributed by atoms with Crippen molar-refractivity contribution in [2.24, 2.45) is 0 Å². The predicted octanol–water partition coefficient (Wildman–Crippen LogP) is 1.45. The Morgan fingerprint density at radius 2 is 2.43 bits per heavy atom. The maximum absolute atomic E-state index is 10.9. The number of rotatable bonds is 4. The molecule has 7 nitrogen and oxygen atoms in total. The van der Waals surface area contributed by atoms with Gasteiger partial charge in [0.1, 0.15) is 5.69 Å². The molecule has 3 rings (SSSR count). The van der Waals surface area contributed by atoms with Gasteiger partial charge in [-0.2, -0.15) is 0 Å². The number of aromatic nitrogens is 4. The number of fused-ring (bicyclic) bond motifs is 1. The highest BCUT2D eigenvalue weighted by atomic mass is 32.1. The average Bonchev–Trinajstić information content (AvgIpc) is 3.10. The van der Waals surface area contributed by atoms with Crippen molar-refractivity contribution in [1.82, 2.24) is 25.5 Å². The van der Waals surface area contributed by atoms with Crippen molar-refractivity contribution in [3.8, 4) is 0 Å². The number of amides is 1. The van der Waals surface area contributed by atoms with Crippen LogP contribution in [0.5, 0.6) is 0 Å². The zero-order chi connectivity index (χ0) is 14.7. The fourth-order valence-electron chi connectivity index (χ4n) is 1.82. The molecular formula is C13H11N5O2S. The van der Waals surface area contributed by atoms with E-state index in [4.69, 9.17) is 5.21 Å². The Morgan fingerprint density at radius 1 is 1.52 bits per heavy atom. The van der Waals surface area contributed by atoms with Crippen LogP contribution in [-0.4, -0.2) is 31.1 Å². The van der Waals surface area contributed by atoms with Crippen molar-refractivity contribution in [3.63, 3.8) is 0 Å². The summed E-state index contributed by atoms with van der Waals surface area (Å²) < 4.78 is 2.81. The summed E-state index contributed by atoms with van der Waals surface area (Å²) in [5.74, 6) is -0.611. The van der Waals surface area contributed by atoms with Crippen LogP contribution in [0, 0.1) is 0 Å². The molecule has 0 saturated heterocycles. The van der Waals surface area contributed by atoms with Crippen LogP contribution >= 0.6 is 11.3 Å². The summed E-state index contributed by atoms with van der Waals surface area (Å²) in [6, 6.07) is 5.96. The van der Waals surface area contributed by atoms with Crippen LogP contribution in [-0.2, 0) is 11.3 Å². The molecule has 0 radical (unpaired) electrons. The van der Waals surface area contributed by atoms with E-state index in [9.17, 15) is 4.79 Å². The molecule has 0 unspecified atom stereocenters. The van der Waals surface area contributed by atoms with E-state index in [1.54, 1.807) is 28.4 Å². The van der Waals surface area contributed by atoms with Gasteiger partial charge in [0.25, 0.3) is 5.91 Å². The topological polar surface area (TPSA) is 92.9 Å². The Hall–Kier alpha value is -2.58. The molecule has 8 heteroatoms. The molecule has 0 saturated carbocycles. The third-order valence-corrected chi connectivity index (χ3v) is 3.80. The maximum atomic E-state index is 10.9. The fourth-order valence-corrected chi connectivity index (χ4v) is 2.84. The summed E-state index contributed by atoms with van der Waals surface area (Å²) >= 11 is 1.66. The molecule has 0 aliphatic carbocycles. The first-order valence-electron chi connectivity index (χ1n) is 6.10. The lowest BCUT2D eigenvalue weighted by Gasteiger charge is -1.94. The van der Waals surface area contributed by atoms with Gasteiger partial charge in [0.15, 0.2) is 0 Å². The Bertz CT molecular complexity index is 775. The number of hydrogen-bond donors (Lipinski definition) is 2. The van der Waals surface area contributed by atoms with Gasteiger partial charge >= 0.3 is 0 Å². The second kappa shape index (κ2) is 5.81. The summed E-state index contributed by atoms with van der Waals surface area (Å²) in [4.78, 5) is 16.3. The van der Waals surface area contributed by atoms with E-state index in [2.05, 4.69) is 15.3 Å². The Morgan fingerprint density at radius 3 is 3.24 bits per heavy atom. The molecule has 0 bridgehead atoms. The molecule has 0 spiro atoms. The molecule has 3 aromatic rings. The second-order valence-electron chi connectivity index (χ2n) is 4.25. The number of thiophene rings is 1. The maximum Gasteiger partial charge on any atom is 0.267 e. The summed E-state index contributed by atoms with van der Waals surface area (Å²) in [5, 5.41) is 16.3. The largest absolute Gasteiger partial charge is 0.288 e. The highest BCUT2D eigenvalue weighted by Crippen LogP contribution is 2.23. The van der Waals surface area contributed by atoms with E-state index in [-0.39, 0.29) is 0 Å². The zero-order valence-corrected chi connectivity index (χ0v) is 11.6. The lowest BCUT2D eigenvalue weighted by Crippen LogP contribution is -2.14. The fraction of sp³-hybridized carbons (Fsp3) is 0.0769. The SMILES string of the molecule is O=C(/C=C/c1cn(Cc2cc3ncccc3s2)nn1)NO. The quantitative estimate of drug-likeness (QED) is 0.432. The van der Waals surface area contributed by atoms with E-state index in [0.29, 0.717) is 12.2 Å². The van der Waals surface area contributed by atoms with Crippen molar-refractivity contribution in [2.45, 2.75) is 6.54 Å². The first-order chi connectivity index (χ1) is 10.2. The minimum Gasteiger partial charge on any atom is -0.288 e. The van der Waals surface area contributed by atoms with Crippen molar-refractivity contribution in [3.05, 3.63) is 47.2 Å². The molecule has 0 atom stereocenters. The van der Waals surface area contributed by atoms with Gasteiger partial charge in [-0.3, -0.25) is 15.0 Å². The van der Waals surface area contributed by atoms with Crippen LogP contribution in [0.3, 0.4) is 0 Å². The van der Waals surface area contributed by atoms with Gasteiger partial charge in [0.2, 0.25) is 0 Å². The van der Waals surface area contributed by atoms with E-state index >= 15 is 0 Å². The highest BCUT2D eigenvalue weighted by molar-refractivity contribution is 7.19. The Kier molecular flexibility index (Phi) is 3.71. The van der Waals surface area contributed by atoms with Crippen molar-refractivity contribution in [1.29, 1.82) is 0 Å². The molecule has 21 heavy (non-hydrogen) atoms. The first kappa shape index (κ1) is 13.4. The molecule has 1 amide bonds. The third-order valence-electron chi connectivity index (χ3n) is 2.73. The number of pyridine rings is 1. The van der Waals surface area contributed by atoms with E-state index in [0.717, 1.165) is 15.1 Å². The van der Waals surface area contributed by atoms with Gasteiger partial charge in [0, 0.05) is 17.2 Å². The van der Waals surface area contributed by atoms with Gasteiger partial charge in [-0.15, -0.1) is 16.4 Å². The predicted molar refractivity (Wildman–Crippen MR) is 77.7 cm³/mol. The molecule has 106 valence electrons. The number of nitrogens with zero attached hydrogens (tertiary/aromatic N) is 4. The number of nitrogens with one attached hydrogen (secondary N) is 1. The molecule has 3 aromatic heterocycles. The molecule has 0 aliphatic heterocycles. The Labute approximate surface area is 123 Å². The summed E-state index contributed by atoms with van der Waals surface area (Å²) in [5.41, 5.74) is 3.02. The zero-order valence-electron chi connectivity index (χ0n) is 10.8. The highest BCUT2D eigenvalue weighted by Gasteiger charge is 2.05. The monoisotopic (exact) mass is 301 g/mol. The van der Waals surface area contributed by atoms with Gasteiger partial charge in [-0.25, -0.2) is 10.2 Å². The molecular weight excluding hydrogens is 290 g/mol. The minimum absolute atomic E-state index is 0.540. The van der Waals surface area contributed by atoms with Crippen molar-refractivity contribution in [2.75, 3.05) is 0 Å². The van der Waals surface area contributed by atoms with Crippen LogP contribution in [0.1, 0.15) is 10.6 Å². The minimum atomic E-state index is -0.611. The van der Waals surface area contributed by atoms with Crippen molar-refractivity contribution < 1.29 is 10.0 Å². The number of carbonyl (C=O) groups excluding carboxylic acids is 1. The van der Waals surface area contributed by atoms with E-state index in [1.165, 1.54) is 17.6 Å². The summed E-state index contributed by atoms with van der Waals surface area (Å²) in [6.45, 7) is 0.591. The number of carbonyl (C=O) groups is 1. The van der Waals surface area contributed by atoms with E-state index in [1.807, 2.05) is 18.2 Å². The number of hydrogen-bond acceptors (Lipinski definition) is 6. The summed E-state index contributed by atoms with van der Waals surface area (Å²) in [7, 11) is 0. The van der Waals surface area contributed by atoms with Crippen LogP contribution in [0.25, 0.3) is 16.3 Å². The van der Waals surface area contributed by atoms with Gasteiger partial charge < -0.3 is 0 Å². The van der Waals surface area contributed by atoms with Gasteiger partial charge in [-0.05, 0) is 24.3 Å². The standard InChI is InChI=1S/C13H11N5O2S/c19-13(16-20)4-3-9-7-18(17-15-9)8-10-6-11-12(21-10)2-1-5-14-11/h1-7,20H,8H2,(H,16,19)/b4-3+. The van der Waals surface area contributed by atoms with Gasteiger partial charge in [-0.1, -0.05) is 5.21 Å². The first-order valence-corrected chi connectivity index (χ1v) is 6.92. The summed E-state index contributed by atoms with van der Waals surface area (Å²) in [6.07, 6.45) is 6.14. The molecule has 3 heterocycles. The van der Waals surface area contributed by atoms with Crippen LogP contribution in [0.2, 0.25) is 0 Å². The van der Waals surface area contributed by atoms with Gasteiger partial charge in [0.05, 0.1) is 23.0 Å². The van der Waals surface area contributed by atoms with E-state index < -0.39 is 5.91 Å². The van der Waals surface area contributed by atoms with Crippen LogP contribution in [0.15, 0.2) is 36.7 Å². The second-order valence-corrected chi connectivity index (χ2v) is 5.42.